The topological polar surface area (TPSA) is 53.9 Å². The molecule has 0 saturated carbocycles. The summed E-state index contributed by atoms with van der Waals surface area (Å²) < 4.78 is 1.76. The average Bonchev–Trinajstić information content (AvgIpc) is 2.89. The number of aromatic amines is 1. The second-order valence-corrected chi connectivity index (χ2v) is 4.20. The summed E-state index contributed by atoms with van der Waals surface area (Å²) in [4.78, 5) is 16.7. The number of carbonyl (C=O) groups excluding carboxylic acids is 1. The molecule has 1 N–H and O–H groups in total. The second-order valence-electron chi connectivity index (χ2n) is 4.20. The lowest BCUT2D eigenvalue weighted by Crippen LogP contribution is -2.25. The van der Waals surface area contributed by atoms with Crippen molar-refractivity contribution < 1.29 is 4.79 Å². The summed E-state index contributed by atoms with van der Waals surface area (Å²) in [6, 6.07) is 3.62. The highest BCUT2D eigenvalue weighted by Crippen LogP contribution is 2.03. The van der Waals surface area contributed by atoms with E-state index in [-0.39, 0.29) is 5.78 Å². The molecule has 0 amide bonds. The molecule has 5 heteroatoms. The number of likely N-dealkylation sites (N-methyl/N-ethyl adjacent to an activating group) is 1. The van der Waals surface area contributed by atoms with E-state index in [1.54, 1.807) is 16.9 Å². The van der Waals surface area contributed by atoms with Crippen molar-refractivity contribution in [2.45, 2.75) is 6.54 Å². The number of hydrogen-bond acceptors (Lipinski definition) is 3. The summed E-state index contributed by atoms with van der Waals surface area (Å²) in [6.45, 7) is 1.12. The molecule has 2 aromatic heterocycles. The Morgan fingerprint density at radius 1 is 1.59 bits per heavy atom. The number of H-pyrrole nitrogens is 1. The van der Waals surface area contributed by atoms with Crippen LogP contribution in [0.15, 0.2) is 30.7 Å². The van der Waals surface area contributed by atoms with Crippen LogP contribution in [0.1, 0.15) is 16.1 Å². The molecule has 0 aromatic carbocycles. The van der Waals surface area contributed by atoms with Crippen molar-refractivity contribution in [2.24, 2.45) is 7.05 Å². The van der Waals surface area contributed by atoms with Crippen molar-refractivity contribution >= 4 is 5.78 Å². The Labute approximate surface area is 100 Å². The fourth-order valence-corrected chi connectivity index (χ4v) is 1.76. The van der Waals surface area contributed by atoms with Crippen LogP contribution in [-0.4, -0.2) is 39.0 Å². The maximum Gasteiger partial charge on any atom is 0.192 e. The van der Waals surface area contributed by atoms with Crippen molar-refractivity contribution in [1.82, 2.24) is 19.7 Å². The maximum absolute atomic E-state index is 11.8. The molecule has 0 aliphatic carbocycles. The van der Waals surface area contributed by atoms with E-state index in [9.17, 15) is 4.79 Å². The third-order valence-corrected chi connectivity index (χ3v) is 2.52. The fourth-order valence-electron chi connectivity index (χ4n) is 1.76. The van der Waals surface area contributed by atoms with Crippen molar-refractivity contribution in [3.05, 3.63) is 42.0 Å². The third-order valence-electron chi connectivity index (χ3n) is 2.52. The molecule has 0 fully saturated rings. The standard InChI is InChI=1S/C12H16N4O/c1-15(7-10-6-14-16(2)8-10)9-12(17)11-4-3-5-13-11/h3-6,8,13H,7,9H2,1-2H3. The average molecular weight is 232 g/mol. The van der Waals surface area contributed by atoms with E-state index in [0.29, 0.717) is 12.2 Å². The van der Waals surface area contributed by atoms with Crippen molar-refractivity contribution in [3.8, 4) is 0 Å². The van der Waals surface area contributed by atoms with Crippen LogP contribution in [-0.2, 0) is 13.6 Å². The molecular formula is C12H16N4O. The van der Waals surface area contributed by atoms with E-state index in [0.717, 1.165) is 12.1 Å². The summed E-state index contributed by atoms with van der Waals surface area (Å²) in [7, 11) is 3.81. The number of aromatic nitrogens is 3. The van der Waals surface area contributed by atoms with Gasteiger partial charge in [0.1, 0.15) is 0 Å². The molecule has 2 heterocycles. The van der Waals surface area contributed by atoms with Crippen molar-refractivity contribution in [1.29, 1.82) is 0 Å². The number of hydrogen-bond donors (Lipinski definition) is 1. The van der Waals surface area contributed by atoms with Crippen LogP contribution >= 0.6 is 0 Å². The van der Waals surface area contributed by atoms with Gasteiger partial charge in [-0.15, -0.1) is 0 Å². The molecule has 0 spiro atoms. The largest absolute Gasteiger partial charge is 0.359 e. The highest BCUT2D eigenvalue weighted by atomic mass is 16.1. The number of nitrogens with one attached hydrogen (secondary N) is 1. The van der Waals surface area contributed by atoms with Gasteiger partial charge in [0.05, 0.1) is 18.4 Å². The van der Waals surface area contributed by atoms with Crippen molar-refractivity contribution in [2.75, 3.05) is 13.6 Å². The van der Waals surface area contributed by atoms with E-state index in [2.05, 4.69) is 10.1 Å². The minimum absolute atomic E-state index is 0.0985. The van der Waals surface area contributed by atoms with Crippen molar-refractivity contribution in [3.63, 3.8) is 0 Å². The predicted molar refractivity (Wildman–Crippen MR) is 64.7 cm³/mol. The van der Waals surface area contributed by atoms with Gasteiger partial charge in [-0.2, -0.15) is 5.10 Å². The number of aryl methyl sites for hydroxylation is 1. The number of nitrogens with zero attached hydrogens (tertiary/aromatic N) is 3. The third kappa shape index (κ3) is 3.04. The van der Waals surface area contributed by atoms with Gasteiger partial charge in [0.15, 0.2) is 5.78 Å². The van der Waals surface area contributed by atoms with E-state index in [4.69, 9.17) is 0 Å². The summed E-state index contributed by atoms with van der Waals surface area (Å²) in [6.07, 6.45) is 5.53. The lowest BCUT2D eigenvalue weighted by molar-refractivity contribution is 0.0938. The summed E-state index contributed by atoms with van der Waals surface area (Å²) >= 11 is 0. The van der Waals surface area contributed by atoms with Gasteiger partial charge in [0, 0.05) is 31.5 Å². The van der Waals surface area contributed by atoms with Gasteiger partial charge in [-0.3, -0.25) is 14.4 Å². The Hall–Kier alpha value is -1.88. The first-order valence-corrected chi connectivity index (χ1v) is 5.48. The van der Waals surface area contributed by atoms with E-state index in [1.165, 1.54) is 0 Å². The Balaban J connectivity index is 1.89. The fraction of sp³-hybridized carbons (Fsp3) is 0.333. The summed E-state index contributed by atoms with van der Waals surface area (Å²) in [5.74, 6) is 0.0985. The van der Waals surface area contributed by atoms with Gasteiger partial charge in [0.2, 0.25) is 0 Å². The lowest BCUT2D eigenvalue weighted by Gasteiger charge is -2.13. The Morgan fingerprint density at radius 2 is 2.41 bits per heavy atom. The lowest BCUT2D eigenvalue weighted by atomic mass is 10.2. The quantitative estimate of drug-likeness (QED) is 0.784. The number of ketones is 1. The Bertz CT molecular complexity index is 486. The van der Waals surface area contributed by atoms with Crippen LogP contribution in [0.25, 0.3) is 0 Å². The SMILES string of the molecule is CN(CC(=O)c1ccc[nH]1)Cc1cnn(C)c1. The number of rotatable bonds is 5. The molecule has 0 aliphatic heterocycles. The zero-order chi connectivity index (χ0) is 12.3. The molecule has 0 radical (unpaired) electrons. The van der Waals surface area contributed by atoms with Crippen LogP contribution in [0.4, 0.5) is 0 Å². The number of carbonyl (C=O) groups is 1. The second kappa shape index (κ2) is 4.97. The first-order valence-electron chi connectivity index (χ1n) is 5.48. The predicted octanol–water partition coefficient (Wildman–Crippen LogP) is 1.06. The first kappa shape index (κ1) is 11.6. The molecule has 5 nitrogen and oxygen atoms in total. The molecule has 0 atom stereocenters. The zero-order valence-electron chi connectivity index (χ0n) is 10.1. The first-order chi connectivity index (χ1) is 8.15. The molecule has 0 aliphatic rings. The number of Topliss-reactive ketones (excluding diaryl/α,β-unsaturated/α-hetero) is 1. The molecule has 0 unspecified atom stereocenters. The van der Waals surface area contributed by atoms with Gasteiger partial charge in [-0.1, -0.05) is 0 Å². The van der Waals surface area contributed by atoms with Gasteiger partial charge < -0.3 is 4.98 Å². The summed E-state index contributed by atoms with van der Waals surface area (Å²) in [5.41, 5.74) is 1.76. The van der Waals surface area contributed by atoms with Crippen LogP contribution < -0.4 is 0 Å². The monoisotopic (exact) mass is 232 g/mol. The van der Waals surface area contributed by atoms with E-state index >= 15 is 0 Å². The molecule has 90 valence electrons. The molecule has 2 aromatic rings. The smallest absolute Gasteiger partial charge is 0.192 e. The van der Waals surface area contributed by atoms with Crippen LogP contribution in [0, 0.1) is 0 Å². The Kier molecular flexibility index (Phi) is 3.39. The van der Waals surface area contributed by atoms with E-state index < -0.39 is 0 Å². The highest BCUT2D eigenvalue weighted by molar-refractivity contribution is 5.95. The summed E-state index contributed by atoms with van der Waals surface area (Å²) in [5, 5.41) is 4.10. The molecule has 2 rings (SSSR count). The van der Waals surface area contributed by atoms with Crippen LogP contribution in [0.2, 0.25) is 0 Å². The van der Waals surface area contributed by atoms with Gasteiger partial charge in [0.25, 0.3) is 0 Å². The molecule has 17 heavy (non-hydrogen) atoms. The molecular weight excluding hydrogens is 216 g/mol. The van der Waals surface area contributed by atoms with Gasteiger partial charge in [-0.05, 0) is 19.2 Å². The van der Waals surface area contributed by atoms with Crippen LogP contribution in [0.3, 0.4) is 0 Å². The molecule has 0 saturated heterocycles. The Morgan fingerprint density at radius 3 is 3.00 bits per heavy atom. The highest BCUT2D eigenvalue weighted by Gasteiger charge is 2.10. The van der Waals surface area contributed by atoms with Gasteiger partial charge in [-0.25, -0.2) is 0 Å². The normalized spacial score (nSPS) is 11.0. The minimum Gasteiger partial charge on any atom is -0.359 e. The molecule has 0 bridgehead atoms. The zero-order valence-corrected chi connectivity index (χ0v) is 10.1. The minimum atomic E-state index is 0.0985. The van der Waals surface area contributed by atoms with Gasteiger partial charge >= 0.3 is 0 Å². The van der Waals surface area contributed by atoms with E-state index in [1.807, 2.05) is 37.5 Å². The maximum atomic E-state index is 11.8. The van der Waals surface area contributed by atoms with Crippen LogP contribution in [0.5, 0.6) is 0 Å².